The summed E-state index contributed by atoms with van der Waals surface area (Å²) >= 11 is 5.05. The van der Waals surface area contributed by atoms with Crippen molar-refractivity contribution in [1.82, 2.24) is 4.90 Å². The Bertz CT molecular complexity index is 632. The van der Waals surface area contributed by atoms with Gasteiger partial charge in [-0.15, -0.1) is 0 Å². The second-order valence-electron chi connectivity index (χ2n) is 5.37. The van der Waals surface area contributed by atoms with Crippen molar-refractivity contribution in [1.29, 1.82) is 0 Å². The van der Waals surface area contributed by atoms with Gasteiger partial charge in [-0.05, 0) is 44.5 Å². The Morgan fingerprint density at radius 3 is 2.81 bits per heavy atom. The summed E-state index contributed by atoms with van der Waals surface area (Å²) in [7, 11) is 0. The minimum atomic E-state index is 0.237. The van der Waals surface area contributed by atoms with Gasteiger partial charge in [0, 0.05) is 6.54 Å². The van der Waals surface area contributed by atoms with Gasteiger partial charge in [-0.2, -0.15) is 0 Å². The fraction of sp³-hybridized carbons (Fsp3) is 0.438. The van der Waals surface area contributed by atoms with Gasteiger partial charge in [0.05, 0.1) is 12.0 Å². The van der Waals surface area contributed by atoms with Crippen LogP contribution in [0.3, 0.4) is 0 Å². The molecule has 21 heavy (non-hydrogen) atoms. The fourth-order valence-electron chi connectivity index (χ4n) is 2.80. The highest BCUT2D eigenvalue weighted by Gasteiger charge is 2.17. The molecule has 1 saturated heterocycles. The van der Waals surface area contributed by atoms with Crippen LogP contribution in [0.5, 0.6) is 5.75 Å². The lowest BCUT2D eigenvalue weighted by Crippen LogP contribution is -2.22. The molecule has 0 unspecified atom stereocenters. The first-order chi connectivity index (χ1) is 10.3. The minimum Gasteiger partial charge on any atom is -0.489 e. The van der Waals surface area contributed by atoms with Gasteiger partial charge in [-0.1, -0.05) is 24.4 Å². The number of ether oxygens (including phenoxy) is 1. The van der Waals surface area contributed by atoms with Crippen LogP contribution in [0.4, 0.5) is 0 Å². The maximum Gasteiger partial charge on any atom is 0.204 e. The number of thiocarbonyl (C=S) groups is 1. The molecule has 5 heteroatoms. The second-order valence-corrected chi connectivity index (χ2v) is 5.81. The Hall–Kier alpha value is -1.59. The molecule has 1 aromatic carbocycles. The van der Waals surface area contributed by atoms with Gasteiger partial charge >= 0.3 is 0 Å². The molecule has 1 aliphatic rings. The molecule has 3 rings (SSSR count). The van der Waals surface area contributed by atoms with Crippen molar-refractivity contribution in [2.24, 2.45) is 5.73 Å². The van der Waals surface area contributed by atoms with Crippen LogP contribution in [0.1, 0.15) is 25.0 Å². The number of furan rings is 1. The van der Waals surface area contributed by atoms with E-state index in [2.05, 4.69) is 4.90 Å². The van der Waals surface area contributed by atoms with Gasteiger partial charge in [0.2, 0.25) is 5.76 Å². The van der Waals surface area contributed by atoms with E-state index in [0.29, 0.717) is 18.1 Å². The first-order valence-corrected chi connectivity index (χ1v) is 7.83. The summed E-state index contributed by atoms with van der Waals surface area (Å²) in [6, 6.07) is 7.75. The van der Waals surface area contributed by atoms with Gasteiger partial charge in [0.15, 0.2) is 5.75 Å². The Labute approximate surface area is 129 Å². The highest BCUT2D eigenvalue weighted by molar-refractivity contribution is 7.80. The van der Waals surface area contributed by atoms with Crippen LogP contribution < -0.4 is 10.5 Å². The monoisotopic (exact) mass is 304 g/mol. The fourth-order valence-corrected chi connectivity index (χ4v) is 2.93. The molecule has 4 nitrogen and oxygen atoms in total. The van der Waals surface area contributed by atoms with E-state index in [0.717, 1.165) is 23.9 Å². The summed E-state index contributed by atoms with van der Waals surface area (Å²) in [5.41, 5.74) is 6.49. The molecule has 0 saturated carbocycles. The normalized spacial score (nSPS) is 15.6. The molecule has 0 radical (unpaired) electrons. The number of rotatable bonds is 6. The number of likely N-dealkylation sites (tertiary alicyclic amines) is 1. The van der Waals surface area contributed by atoms with E-state index in [9.17, 15) is 0 Å². The summed E-state index contributed by atoms with van der Waals surface area (Å²) in [6.45, 7) is 4.16. The second kappa shape index (κ2) is 6.45. The maximum absolute atomic E-state index is 5.92. The van der Waals surface area contributed by atoms with E-state index >= 15 is 0 Å². The summed E-state index contributed by atoms with van der Waals surface area (Å²) in [5.74, 6) is 1.16. The standard InChI is InChI=1S/C16H20N2O2S/c17-16(21)15-14(12-6-1-2-7-13(12)20-15)19-11-5-10-18-8-3-4-9-18/h1-2,6-7H,3-5,8-11H2,(H2,17,21). The third-order valence-corrected chi connectivity index (χ3v) is 4.02. The molecule has 0 spiro atoms. The van der Waals surface area contributed by atoms with Crippen molar-refractivity contribution in [3.63, 3.8) is 0 Å². The van der Waals surface area contributed by atoms with Crippen molar-refractivity contribution in [2.75, 3.05) is 26.2 Å². The minimum absolute atomic E-state index is 0.237. The highest BCUT2D eigenvalue weighted by Crippen LogP contribution is 2.33. The first kappa shape index (κ1) is 14.4. The molecule has 0 aliphatic carbocycles. The van der Waals surface area contributed by atoms with E-state index in [1.165, 1.54) is 25.9 Å². The van der Waals surface area contributed by atoms with Gasteiger partial charge in [-0.3, -0.25) is 0 Å². The van der Waals surface area contributed by atoms with E-state index < -0.39 is 0 Å². The van der Waals surface area contributed by atoms with Crippen LogP contribution in [-0.4, -0.2) is 36.1 Å². The number of nitrogens with two attached hydrogens (primary N) is 1. The number of para-hydroxylation sites is 1. The maximum atomic E-state index is 5.92. The largest absolute Gasteiger partial charge is 0.489 e. The molecule has 1 fully saturated rings. The van der Waals surface area contributed by atoms with Crippen LogP contribution in [-0.2, 0) is 0 Å². The number of nitrogens with zero attached hydrogens (tertiary/aromatic N) is 1. The van der Waals surface area contributed by atoms with Crippen molar-refractivity contribution in [2.45, 2.75) is 19.3 Å². The molecular weight excluding hydrogens is 284 g/mol. The van der Waals surface area contributed by atoms with Crippen LogP contribution >= 0.6 is 12.2 Å². The molecule has 2 aromatic rings. The van der Waals surface area contributed by atoms with Gasteiger partial charge in [-0.25, -0.2) is 0 Å². The molecule has 0 atom stereocenters. The average Bonchev–Trinajstić information content (AvgIpc) is 3.11. The van der Waals surface area contributed by atoms with Crippen LogP contribution in [0, 0.1) is 0 Å². The summed E-state index contributed by atoms with van der Waals surface area (Å²) in [5, 5.41) is 0.932. The summed E-state index contributed by atoms with van der Waals surface area (Å²) in [6.07, 6.45) is 3.63. The topological polar surface area (TPSA) is 51.6 Å². The van der Waals surface area contributed by atoms with Gasteiger partial charge in [0.1, 0.15) is 10.6 Å². The predicted octanol–water partition coefficient (Wildman–Crippen LogP) is 2.93. The molecule has 2 heterocycles. The lowest BCUT2D eigenvalue weighted by Gasteiger charge is -2.14. The predicted molar refractivity (Wildman–Crippen MR) is 87.9 cm³/mol. The Balaban J connectivity index is 1.67. The van der Waals surface area contributed by atoms with Gasteiger partial charge in [0.25, 0.3) is 0 Å². The first-order valence-electron chi connectivity index (χ1n) is 7.42. The van der Waals surface area contributed by atoms with Crippen molar-refractivity contribution in [3.8, 4) is 5.75 Å². The van der Waals surface area contributed by atoms with Crippen molar-refractivity contribution < 1.29 is 9.15 Å². The molecule has 1 aliphatic heterocycles. The van der Waals surface area contributed by atoms with E-state index in [4.69, 9.17) is 27.1 Å². The van der Waals surface area contributed by atoms with Crippen LogP contribution in [0.15, 0.2) is 28.7 Å². The number of hydrogen-bond donors (Lipinski definition) is 1. The number of benzene rings is 1. The molecule has 1 aromatic heterocycles. The summed E-state index contributed by atoms with van der Waals surface area (Å²) in [4.78, 5) is 2.71. The zero-order valence-electron chi connectivity index (χ0n) is 12.0. The van der Waals surface area contributed by atoms with Crippen LogP contribution in [0.2, 0.25) is 0 Å². The summed E-state index contributed by atoms with van der Waals surface area (Å²) < 4.78 is 11.6. The van der Waals surface area contributed by atoms with E-state index in [1.807, 2.05) is 24.3 Å². The molecule has 2 N–H and O–H groups in total. The van der Waals surface area contributed by atoms with Crippen molar-refractivity contribution >= 4 is 28.2 Å². The number of hydrogen-bond acceptors (Lipinski definition) is 4. The Kier molecular flexibility index (Phi) is 4.41. The zero-order chi connectivity index (χ0) is 14.7. The smallest absolute Gasteiger partial charge is 0.204 e. The Morgan fingerprint density at radius 1 is 1.29 bits per heavy atom. The molecular formula is C16H20N2O2S. The molecule has 0 bridgehead atoms. The van der Waals surface area contributed by atoms with Crippen LogP contribution in [0.25, 0.3) is 11.0 Å². The molecule has 0 amide bonds. The van der Waals surface area contributed by atoms with Gasteiger partial charge < -0.3 is 19.8 Å². The van der Waals surface area contributed by atoms with E-state index in [-0.39, 0.29) is 4.99 Å². The molecule has 112 valence electrons. The lowest BCUT2D eigenvalue weighted by molar-refractivity contribution is 0.263. The average molecular weight is 304 g/mol. The highest BCUT2D eigenvalue weighted by atomic mass is 32.1. The zero-order valence-corrected chi connectivity index (χ0v) is 12.8. The third kappa shape index (κ3) is 3.19. The number of fused-ring (bicyclic) bond motifs is 1. The Morgan fingerprint density at radius 2 is 2.05 bits per heavy atom. The quantitative estimate of drug-likeness (QED) is 0.657. The lowest BCUT2D eigenvalue weighted by atomic mass is 10.2. The van der Waals surface area contributed by atoms with E-state index in [1.54, 1.807) is 0 Å². The SMILES string of the molecule is NC(=S)c1oc2ccccc2c1OCCCN1CCCC1. The third-order valence-electron chi connectivity index (χ3n) is 3.84. The van der Waals surface area contributed by atoms with Crippen molar-refractivity contribution in [3.05, 3.63) is 30.0 Å².